The predicted octanol–water partition coefficient (Wildman–Crippen LogP) is 4.58. The van der Waals surface area contributed by atoms with Gasteiger partial charge in [0.1, 0.15) is 0 Å². The van der Waals surface area contributed by atoms with Crippen molar-refractivity contribution in [1.82, 2.24) is 15.0 Å². The van der Waals surface area contributed by atoms with Crippen molar-refractivity contribution in [2.45, 2.75) is 12.1 Å². The van der Waals surface area contributed by atoms with Gasteiger partial charge in [0, 0.05) is 5.75 Å². The average molecular weight is 377 g/mol. The van der Waals surface area contributed by atoms with Crippen molar-refractivity contribution >= 4 is 56.0 Å². The molecule has 1 N–H and O–H groups in total. The number of fused-ring (bicyclic) bond motifs is 1. The molecule has 0 aliphatic heterocycles. The van der Waals surface area contributed by atoms with E-state index in [1.807, 2.05) is 25.1 Å². The third-order valence-corrected chi connectivity index (χ3v) is 5.10. The smallest absolute Gasteiger partial charge is 0.277 e. The molecule has 0 aliphatic rings. The van der Waals surface area contributed by atoms with Gasteiger partial charge in [-0.3, -0.25) is 10.1 Å². The van der Waals surface area contributed by atoms with Crippen LogP contribution in [0, 0.1) is 6.92 Å². The van der Waals surface area contributed by atoms with Gasteiger partial charge < -0.3 is 0 Å². The number of thiazole rings is 1. The first kappa shape index (κ1) is 16.9. The summed E-state index contributed by atoms with van der Waals surface area (Å²) in [6.07, 6.45) is 3.17. The molecule has 5 nitrogen and oxygen atoms in total. The fourth-order valence-electron chi connectivity index (χ4n) is 1.95. The highest BCUT2D eigenvalue weighted by Gasteiger charge is 2.16. The molecule has 0 atom stereocenters. The molecule has 3 rings (SSSR count). The van der Waals surface area contributed by atoms with Crippen LogP contribution in [0.5, 0.6) is 0 Å². The van der Waals surface area contributed by atoms with E-state index in [4.69, 9.17) is 11.6 Å². The first-order valence-electron chi connectivity index (χ1n) is 7.01. The number of halogens is 1. The monoisotopic (exact) mass is 376 g/mol. The quantitative estimate of drug-likeness (QED) is 0.401. The Labute approximate surface area is 152 Å². The number of aromatic nitrogens is 3. The Kier molecular flexibility index (Phi) is 5.13. The molecule has 0 saturated heterocycles. The summed E-state index contributed by atoms with van der Waals surface area (Å²) in [5, 5.41) is 3.94. The highest BCUT2D eigenvalue weighted by atomic mass is 35.5. The Balaban J connectivity index is 1.84. The van der Waals surface area contributed by atoms with Crippen molar-refractivity contribution in [2.75, 3.05) is 11.1 Å². The molecule has 0 radical (unpaired) electrons. The number of carbonyl (C=O) groups is 1. The molecule has 1 amide bonds. The van der Waals surface area contributed by atoms with E-state index >= 15 is 0 Å². The second-order valence-electron chi connectivity index (χ2n) is 4.89. The Hall–Kier alpha value is -1.96. The number of aryl methyl sites for hydroxylation is 1. The largest absolute Gasteiger partial charge is 0.296 e. The van der Waals surface area contributed by atoms with E-state index in [1.165, 1.54) is 29.3 Å². The van der Waals surface area contributed by atoms with Crippen molar-refractivity contribution in [3.63, 3.8) is 0 Å². The molecule has 3 aromatic rings. The molecule has 1 aromatic carbocycles. The molecule has 2 heterocycles. The molecule has 0 aliphatic carbocycles. The van der Waals surface area contributed by atoms with Gasteiger partial charge in [-0.1, -0.05) is 46.8 Å². The van der Waals surface area contributed by atoms with Crippen LogP contribution in [0.25, 0.3) is 10.2 Å². The Morgan fingerprint density at radius 2 is 2.29 bits per heavy atom. The van der Waals surface area contributed by atoms with E-state index < -0.39 is 5.91 Å². The number of hydrogen-bond acceptors (Lipinski definition) is 6. The molecule has 24 heavy (non-hydrogen) atoms. The first-order valence-corrected chi connectivity index (χ1v) is 9.19. The maximum Gasteiger partial charge on any atom is 0.277 e. The normalized spacial score (nSPS) is 10.8. The molecule has 0 spiro atoms. The van der Waals surface area contributed by atoms with Crippen LogP contribution < -0.4 is 5.32 Å². The first-order chi connectivity index (χ1) is 11.6. The van der Waals surface area contributed by atoms with E-state index in [0.717, 1.165) is 15.8 Å². The molecular weight excluding hydrogens is 364 g/mol. The fraction of sp³-hybridized carbons (Fsp3) is 0.125. The van der Waals surface area contributed by atoms with Crippen molar-refractivity contribution < 1.29 is 4.79 Å². The zero-order valence-electron chi connectivity index (χ0n) is 12.7. The van der Waals surface area contributed by atoms with E-state index in [2.05, 4.69) is 26.8 Å². The van der Waals surface area contributed by atoms with Crippen molar-refractivity contribution in [1.29, 1.82) is 0 Å². The third kappa shape index (κ3) is 3.75. The average Bonchev–Trinajstić information content (AvgIpc) is 2.95. The second kappa shape index (κ2) is 7.29. The number of anilines is 1. The number of carbonyl (C=O) groups excluding carboxylic acids is 1. The van der Waals surface area contributed by atoms with Crippen LogP contribution in [-0.2, 0) is 0 Å². The Bertz CT molecular complexity index is 926. The summed E-state index contributed by atoms with van der Waals surface area (Å²) in [5.74, 6) is 0.249. The lowest BCUT2D eigenvalue weighted by atomic mass is 10.2. The van der Waals surface area contributed by atoms with Crippen molar-refractivity contribution in [2.24, 2.45) is 0 Å². The maximum atomic E-state index is 12.5. The van der Waals surface area contributed by atoms with Gasteiger partial charge >= 0.3 is 0 Å². The lowest BCUT2D eigenvalue weighted by Crippen LogP contribution is -2.15. The van der Waals surface area contributed by atoms with E-state index in [1.54, 1.807) is 6.08 Å². The van der Waals surface area contributed by atoms with Crippen LogP contribution in [0.1, 0.15) is 16.1 Å². The lowest BCUT2D eigenvalue weighted by Gasteiger charge is -2.04. The molecular formula is C16H13ClN4OS2. The van der Waals surface area contributed by atoms with E-state index in [0.29, 0.717) is 16.0 Å². The van der Waals surface area contributed by atoms with Crippen LogP contribution in [0.15, 0.2) is 42.2 Å². The van der Waals surface area contributed by atoms with Crippen molar-refractivity contribution in [3.8, 4) is 0 Å². The molecule has 0 bridgehead atoms. The minimum Gasteiger partial charge on any atom is -0.296 e. The molecule has 0 unspecified atom stereocenters. The van der Waals surface area contributed by atoms with Gasteiger partial charge in [-0.05, 0) is 24.6 Å². The number of thioether (sulfide) groups is 1. The number of amides is 1. The summed E-state index contributed by atoms with van der Waals surface area (Å²) in [5.41, 5.74) is 2.12. The Morgan fingerprint density at radius 1 is 1.46 bits per heavy atom. The summed E-state index contributed by atoms with van der Waals surface area (Å²) >= 11 is 8.85. The van der Waals surface area contributed by atoms with Crippen LogP contribution in [-0.4, -0.2) is 26.6 Å². The van der Waals surface area contributed by atoms with Gasteiger partial charge in [0.05, 0.1) is 21.4 Å². The van der Waals surface area contributed by atoms with Gasteiger partial charge in [0.25, 0.3) is 5.91 Å². The van der Waals surface area contributed by atoms with Gasteiger partial charge in [-0.25, -0.2) is 15.0 Å². The number of rotatable bonds is 5. The molecule has 0 saturated carbocycles. The van der Waals surface area contributed by atoms with Gasteiger partial charge in [-0.2, -0.15) is 0 Å². The van der Waals surface area contributed by atoms with Crippen LogP contribution in [0.2, 0.25) is 5.02 Å². The molecule has 8 heteroatoms. The lowest BCUT2D eigenvalue weighted by molar-refractivity contribution is 0.102. The van der Waals surface area contributed by atoms with Gasteiger partial charge in [0.15, 0.2) is 16.0 Å². The van der Waals surface area contributed by atoms with Gasteiger partial charge in [-0.15, -0.1) is 6.58 Å². The van der Waals surface area contributed by atoms with Crippen molar-refractivity contribution in [3.05, 3.63) is 53.3 Å². The van der Waals surface area contributed by atoms with Gasteiger partial charge in [0.2, 0.25) is 0 Å². The third-order valence-electron chi connectivity index (χ3n) is 3.03. The summed E-state index contributed by atoms with van der Waals surface area (Å²) in [4.78, 5) is 25.2. The zero-order chi connectivity index (χ0) is 17.1. The minimum absolute atomic E-state index is 0.133. The summed E-state index contributed by atoms with van der Waals surface area (Å²) < 4.78 is 1.02. The van der Waals surface area contributed by atoms with Crippen LogP contribution >= 0.6 is 34.7 Å². The van der Waals surface area contributed by atoms with Crippen LogP contribution in [0.3, 0.4) is 0 Å². The standard InChI is InChI=1S/C16H13ClN4OS2/c1-3-6-23-15-18-8-10(17)13(20-15)14(22)21-16-19-11-5-4-9(2)7-12(11)24-16/h3-5,7-8H,1,6H2,2H3,(H,19,21,22). The second-order valence-corrected chi connectivity index (χ2v) is 7.32. The molecule has 0 fully saturated rings. The number of hydrogen-bond donors (Lipinski definition) is 1. The Morgan fingerprint density at radius 3 is 3.08 bits per heavy atom. The maximum absolute atomic E-state index is 12.5. The number of benzene rings is 1. The topological polar surface area (TPSA) is 67.8 Å². The SMILES string of the molecule is C=CCSc1ncc(Cl)c(C(=O)Nc2nc3ccc(C)cc3s2)n1. The summed E-state index contributed by atoms with van der Waals surface area (Å²) in [6.45, 7) is 5.66. The predicted molar refractivity (Wildman–Crippen MR) is 100 cm³/mol. The summed E-state index contributed by atoms with van der Waals surface area (Å²) in [7, 11) is 0. The highest BCUT2D eigenvalue weighted by Crippen LogP contribution is 2.27. The minimum atomic E-state index is -0.404. The van der Waals surface area contributed by atoms with E-state index in [9.17, 15) is 4.79 Å². The number of nitrogens with one attached hydrogen (secondary N) is 1. The summed E-state index contributed by atoms with van der Waals surface area (Å²) in [6, 6.07) is 5.95. The number of nitrogens with zero attached hydrogens (tertiary/aromatic N) is 3. The highest BCUT2D eigenvalue weighted by molar-refractivity contribution is 7.99. The van der Waals surface area contributed by atoms with E-state index in [-0.39, 0.29) is 10.7 Å². The molecule has 122 valence electrons. The van der Waals surface area contributed by atoms with Crippen LogP contribution in [0.4, 0.5) is 5.13 Å². The fourth-order valence-corrected chi connectivity index (χ4v) is 3.64. The zero-order valence-corrected chi connectivity index (χ0v) is 15.1. The molecule has 2 aromatic heterocycles.